The van der Waals surface area contributed by atoms with E-state index in [2.05, 4.69) is 20.3 Å². The zero-order valence-corrected chi connectivity index (χ0v) is 13.9. The Morgan fingerprint density at radius 3 is 2.42 bits per heavy atom. The molecule has 122 valence electrons. The van der Waals surface area contributed by atoms with Crippen LogP contribution in [-0.2, 0) is 0 Å². The van der Waals surface area contributed by atoms with Crippen molar-refractivity contribution in [2.24, 2.45) is 0 Å². The molecule has 3 aromatic rings. The zero-order chi connectivity index (χ0) is 16.9. The molecular weight excluding hydrogens is 324 g/mol. The van der Waals surface area contributed by atoms with Crippen molar-refractivity contribution in [2.75, 3.05) is 11.9 Å². The standard InChI is InChI=1S/C18H17ClN4O/c1-12(11-24)21-18-22-16(13-4-6-15(19)7-5-13)9-17(23-18)14-3-2-8-20-10-14/h2-10,12,24H,11H2,1H3,(H,21,22,23)/t12-/m0/s1. The summed E-state index contributed by atoms with van der Waals surface area (Å²) in [6, 6.07) is 13.1. The van der Waals surface area contributed by atoms with Gasteiger partial charge in [-0.2, -0.15) is 0 Å². The molecule has 3 rings (SSSR count). The molecule has 1 atom stereocenters. The molecule has 1 aromatic carbocycles. The van der Waals surface area contributed by atoms with E-state index in [1.165, 1.54) is 0 Å². The lowest BCUT2D eigenvalue weighted by Gasteiger charge is -2.13. The van der Waals surface area contributed by atoms with Crippen LogP contribution in [0.1, 0.15) is 6.92 Å². The average Bonchev–Trinajstić information content (AvgIpc) is 2.62. The molecule has 2 aromatic heterocycles. The van der Waals surface area contributed by atoms with Gasteiger partial charge in [0, 0.05) is 34.6 Å². The van der Waals surface area contributed by atoms with Gasteiger partial charge in [-0.3, -0.25) is 4.98 Å². The van der Waals surface area contributed by atoms with Crippen LogP contribution in [0.5, 0.6) is 0 Å². The molecule has 0 spiro atoms. The second-order valence-electron chi connectivity index (χ2n) is 5.44. The largest absolute Gasteiger partial charge is 0.394 e. The Labute approximate surface area is 145 Å². The number of aliphatic hydroxyl groups is 1. The van der Waals surface area contributed by atoms with Gasteiger partial charge in [0.05, 0.1) is 18.0 Å². The highest BCUT2D eigenvalue weighted by molar-refractivity contribution is 6.30. The predicted molar refractivity (Wildman–Crippen MR) is 95.9 cm³/mol. The summed E-state index contributed by atoms with van der Waals surface area (Å²) in [4.78, 5) is 13.2. The molecule has 2 heterocycles. The normalized spacial score (nSPS) is 12.0. The van der Waals surface area contributed by atoms with Crippen LogP contribution in [0.15, 0.2) is 54.9 Å². The maximum absolute atomic E-state index is 9.26. The molecule has 0 saturated carbocycles. The first-order chi connectivity index (χ1) is 11.7. The van der Waals surface area contributed by atoms with Gasteiger partial charge in [-0.15, -0.1) is 0 Å². The molecule has 0 saturated heterocycles. The highest BCUT2D eigenvalue weighted by Gasteiger charge is 2.10. The van der Waals surface area contributed by atoms with E-state index in [1.54, 1.807) is 12.4 Å². The SMILES string of the molecule is C[C@@H](CO)Nc1nc(-c2ccc(Cl)cc2)cc(-c2cccnc2)n1. The van der Waals surface area contributed by atoms with Crippen LogP contribution in [0.2, 0.25) is 5.02 Å². The molecule has 24 heavy (non-hydrogen) atoms. The van der Waals surface area contributed by atoms with Crippen LogP contribution in [0.3, 0.4) is 0 Å². The summed E-state index contributed by atoms with van der Waals surface area (Å²) >= 11 is 5.96. The molecule has 2 N–H and O–H groups in total. The number of anilines is 1. The van der Waals surface area contributed by atoms with Crippen LogP contribution < -0.4 is 5.32 Å². The summed E-state index contributed by atoms with van der Waals surface area (Å²) in [7, 11) is 0. The van der Waals surface area contributed by atoms with Crippen molar-refractivity contribution in [3.05, 3.63) is 59.9 Å². The number of nitrogens with zero attached hydrogens (tertiary/aromatic N) is 3. The van der Waals surface area contributed by atoms with E-state index >= 15 is 0 Å². The van der Waals surface area contributed by atoms with Gasteiger partial charge in [0.15, 0.2) is 0 Å². The van der Waals surface area contributed by atoms with Crippen molar-refractivity contribution >= 4 is 17.5 Å². The molecule has 5 nitrogen and oxygen atoms in total. The monoisotopic (exact) mass is 340 g/mol. The van der Waals surface area contributed by atoms with Crippen molar-refractivity contribution in [3.63, 3.8) is 0 Å². The van der Waals surface area contributed by atoms with E-state index in [1.807, 2.05) is 49.4 Å². The fourth-order valence-corrected chi connectivity index (χ4v) is 2.33. The summed E-state index contributed by atoms with van der Waals surface area (Å²) < 4.78 is 0. The minimum absolute atomic E-state index is 0.00322. The number of nitrogens with one attached hydrogen (secondary N) is 1. The summed E-state index contributed by atoms with van der Waals surface area (Å²) in [5, 5.41) is 13.0. The Hall–Kier alpha value is -2.50. The maximum Gasteiger partial charge on any atom is 0.224 e. The van der Waals surface area contributed by atoms with Crippen LogP contribution in [0.4, 0.5) is 5.95 Å². The fourth-order valence-electron chi connectivity index (χ4n) is 2.21. The molecule has 0 fully saturated rings. The van der Waals surface area contributed by atoms with Crippen molar-refractivity contribution in [1.82, 2.24) is 15.0 Å². The second kappa shape index (κ2) is 7.38. The van der Waals surface area contributed by atoms with Gasteiger partial charge in [-0.05, 0) is 37.3 Å². The second-order valence-corrected chi connectivity index (χ2v) is 5.88. The number of pyridine rings is 1. The smallest absolute Gasteiger partial charge is 0.224 e. The van der Waals surface area contributed by atoms with Crippen molar-refractivity contribution in [3.8, 4) is 22.5 Å². The zero-order valence-electron chi connectivity index (χ0n) is 13.1. The first-order valence-electron chi connectivity index (χ1n) is 7.58. The predicted octanol–water partition coefficient (Wildman–Crippen LogP) is 3.65. The molecule has 0 aliphatic rings. The Balaban J connectivity index is 2.07. The highest BCUT2D eigenvalue weighted by Crippen LogP contribution is 2.26. The molecule has 0 amide bonds. The maximum atomic E-state index is 9.26. The van der Waals surface area contributed by atoms with Crippen LogP contribution in [0.25, 0.3) is 22.5 Å². The van der Waals surface area contributed by atoms with Gasteiger partial charge in [-0.25, -0.2) is 9.97 Å². The molecule has 0 radical (unpaired) electrons. The van der Waals surface area contributed by atoms with E-state index in [9.17, 15) is 5.11 Å². The van der Waals surface area contributed by atoms with Crippen molar-refractivity contribution < 1.29 is 5.11 Å². The number of aliphatic hydroxyl groups excluding tert-OH is 1. The van der Waals surface area contributed by atoms with Crippen LogP contribution >= 0.6 is 11.6 Å². The molecular formula is C18H17ClN4O. The number of hydrogen-bond donors (Lipinski definition) is 2. The third-order valence-electron chi connectivity index (χ3n) is 3.47. The number of halogens is 1. The van der Waals surface area contributed by atoms with E-state index in [-0.39, 0.29) is 12.6 Å². The van der Waals surface area contributed by atoms with Gasteiger partial charge < -0.3 is 10.4 Å². The van der Waals surface area contributed by atoms with Crippen LogP contribution in [0, 0.1) is 0 Å². The summed E-state index contributed by atoms with van der Waals surface area (Å²) in [5.74, 6) is 0.461. The van der Waals surface area contributed by atoms with E-state index < -0.39 is 0 Å². The van der Waals surface area contributed by atoms with Gasteiger partial charge in [-0.1, -0.05) is 23.7 Å². The van der Waals surface area contributed by atoms with Crippen molar-refractivity contribution in [2.45, 2.75) is 13.0 Å². The minimum Gasteiger partial charge on any atom is -0.394 e. The number of hydrogen-bond acceptors (Lipinski definition) is 5. The molecule has 0 bridgehead atoms. The molecule has 0 aliphatic heterocycles. The van der Waals surface area contributed by atoms with Gasteiger partial charge in [0.2, 0.25) is 5.95 Å². The van der Waals surface area contributed by atoms with E-state index in [4.69, 9.17) is 11.6 Å². The minimum atomic E-state index is -0.146. The van der Waals surface area contributed by atoms with Gasteiger partial charge >= 0.3 is 0 Å². The Morgan fingerprint density at radius 1 is 1.08 bits per heavy atom. The summed E-state index contributed by atoms with van der Waals surface area (Å²) in [5.41, 5.74) is 3.37. The molecule has 6 heteroatoms. The Bertz CT molecular complexity index is 809. The molecule has 0 unspecified atom stereocenters. The number of aromatic nitrogens is 3. The topological polar surface area (TPSA) is 70.9 Å². The first kappa shape index (κ1) is 16.4. The summed E-state index contributed by atoms with van der Waals surface area (Å²) in [6.07, 6.45) is 3.48. The van der Waals surface area contributed by atoms with E-state index in [0.29, 0.717) is 11.0 Å². The average molecular weight is 341 g/mol. The first-order valence-corrected chi connectivity index (χ1v) is 7.96. The lowest BCUT2D eigenvalue weighted by Crippen LogP contribution is -2.21. The lowest BCUT2D eigenvalue weighted by atomic mass is 10.1. The van der Waals surface area contributed by atoms with Gasteiger partial charge in [0.1, 0.15) is 0 Å². The van der Waals surface area contributed by atoms with Crippen molar-refractivity contribution in [1.29, 1.82) is 0 Å². The molecule has 0 aliphatic carbocycles. The third kappa shape index (κ3) is 3.88. The number of benzene rings is 1. The lowest BCUT2D eigenvalue weighted by molar-refractivity contribution is 0.281. The van der Waals surface area contributed by atoms with E-state index in [0.717, 1.165) is 22.5 Å². The third-order valence-corrected chi connectivity index (χ3v) is 3.72. The quantitative estimate of drug-likeness (QED) is 0.741. The Kier molecular flexibility index (Phi) is 5.03. The van der Waals surface area contributed by atoms with Gasteiger partial charge in [0.25, 0.3) is 0 Å². The fraction of sp³-hybridized carbons (Fsp3) is 0.167. The number of rotatable bonds is 5. The summed E-state index contributed by atoms with van der Waals surface area (Å²) in [6.45, 7) is 1.86. The Morgan fingerprint density at radius 2 is 1.79 bits per heavy atom. The van der Waals surface area contributed by atoms with Crippen LogP contribution in [-0.4, -0.2) is 32.7 Å². The highest BCUT2D eigenvalue weighted by atomic mass is 35.5.